The van der Waals surface area contributed by atoms with E-state index in [0.29, 0.717) is 13.0 Å². The highest BCUT2D eigenvalue weighted by Gasteiger charge is 2.15. The second-order valence-corrected chi connectivity index (χ2v) is 10.8. The molecule has 5 rings (SSSR count). The van der Waals surface area contributed by atoms with Gasteiger partial charge in [0, 0.05) is 6.08 Å². The minimum atomic E-state index is -3.95. The molecule has 0 aromatic heterocycles. The summed E-state index contributed by atoms with van der Waals surface area (Å²) in [5.74, 6) is 0.0702. The summed E-state index contributed by atoms with van der Waals surface area (Å²) in [6.07, 6.45) is 3.53. The van der Waals surface area contributed by atoms with E-state index in [1.807, 2.05) is 54.6 Å². The second kappa shape index (κ2) is 11.8. The molecule has 0 unspecified atom stereocenters. The number of benzene rings is 5. The van der Waals surface area contributed by atoms with Crippen LogP contribution in [-0.4, -0.2) is 14.3 Å². The third-order valence-corrected chi connectivity index (χ3v) is 7.63. The lowest BCUT2D eigenvalue weighted by Crippen LogP contribution is -2.28. The summed E-state index contributed by atoms with van der Waals surface area (Å²) < 4.78 is 33.1. The second-order valence-electron chi connectivity index (χ2n) is 9.11. The molecule has 0 fully saturated rings. The maximum absolute atomic E-state index is 12.6. The highest BCUT2D eigenvalue weighted by molar-refractivity contribution is 7.90. The molecule has 39 heavy (non-hydrogen) atoms. The smallest absolute Gasteiger partial charge is 0.264 e. The van der Waals surface area contributed by atoms with Crippen molar-refractivity contribution in [3.05, 3.63) is 150 Å². The van der Waals surface area contributed by atoms with E-state index in [1.165, 1.54) is 23.6 Å². The number of hydrogen-bond acceptors (Lipinski definition) is 4. The SMILES string of the molecule is O=C(/C=C/c1ccc(COc2ccccc2)cc1Cc1ccc2ccccc2c1)NS(=O)(=O)c1ccccc1. The first-order valence-electron chi connectivity index (χ1n) is 12.5. The number of fused-ring (bicyclic) bond motifs is 1. The van der Waals surface area contributed by atoms with Crippen molar-refractivity contribution in [2.45, 2.75) is 17.9 Å². The van der Waals surface area contributed by atoms with E-state index in [4.69, 9.17) is 4.74 Å². The number of rotatable bonds is 9. The van der Waals surface area contributed by atoms with E-state index in [2.05, 4.69) is 41.1 Å². The predicted octanol–water partition coefficient (Wildman–Crippen LogP) is 6.53. The Bertz CT molecular complexity index is 1730. The lowest BCUT2D eigenvalue weighted by molar-refractivity contribution is -0.114. The van der Waals surface area contributed by atoms with Crippen molar-refractivity contribution in [3.8, 4) is 5.75 Å². The molecule has 6 heteroatoms. The molecule has 0 aliphatic carbocycles. The van der Waals surface area contributed by atoms with Gasteiger partial charge in [-0.25, -0.2) is 13.1 Å². The fourth-order valence-electron chi connectivity index (χ4n) is 4.31. The number of ether oxygens (including phenoxy) is 1. The van der Waals surface area contributed by atoms with Gasteiger partial charge in [-0.2, -0.15) is 0 Å². The summed E-state index contributed by atoms with van der Waals surface area (Å²) in [6, 6.07) is 37.9. The van der Waals surface area contributed by atoms with Gasteiger partial charge >= 0.3 is 0 Å². The molecule has 1 N–H and O–H groups in total. The van der Waals surface area contributed by atoms with Gasteiger partial charge in [0.15, 0.2) is 0 Å². The zero-order valence-electron chi connectivity index (χ0n) is 21.2. The lowest BCUT2D eigenvalue weighted by atomic mass is 9.96. The van der Waals surface area contributed by atoms with Crippen LogP contribution in [0.2, 0.25) is 0 Å². The first kappa shape index (κ1) is 25.9. The highest BCUT2D eigenvalue weighted by atomic mass is 32.2. The normalized spacial score (nSPS) is 11.5. The van der Waals surface area contributed by atoms with Crippen LogP contribution >= 0.6 is 0 Å². The van der Waals surface area contributed by atoms with Crippen molar-refractivity contribution in [2.24, 2.45) is 0 Å². The summed E-state index contributed by atoms with van der Waals surface area (Å²) in [5.41, 5.74) is 3.93. The van der Waals surface area contributed by atoms with Crippen molar-refractivity contribution >= 4 is 32.8 Å². The average molecular weight is 534 g/mol. The van der Waals surface area contributed by atoms with Gasteiger partial charge in [0.1, 0.15) is 12.4 Å². The van der Waals surface area contributed by atoms with Gasteiger partial charge < -0.3 is 4.74 Å². The number of carbonyl (C=O) groups is 1. The Hall–Kier alpha value is -4.68. The van der Waals surface area contributed by atoms with E-state index < -0.39 is 15.9 Å². The monoisotopic (exact) mass is 533 g/mol. The summed E-state index contributed by atoms with van der Waals surface area (Å²) in [7, 11) is -3.95. The Morgan fingerprint density at radius 2 is 1.38 bits per heavy atom. The van der Waals surface area contributed by atoms with E-state index in [0.717, 1.165) is 33.4 Å². The predicted molar refractivity (Wildman–Crippen MR) is 155 cm³/mol. The molecule has 0 atom stereocenters. The fourth-order valence-corrected chi connectivity index (χ4v) is 5.27. The van der Waals surface area contributed by atoms with Gasteiger partial charge in [-0.3, -0.25) is 4.79 Å². The quantitative estimate of drug-likeness (QED) is 0.219. The third kappa shape index (κ3) is 6.80. The van der Waals surface area contributed by atoms with Crippen LogP contribution in [-0.2, 0) is 27.8 Å². The Balaban J connectivity index is 1.39. The Morgan fingerprint density at radius 1 is 0.718 bits per heavy atom. The average Bonchev–Trinajstić information content (AvgIpc) is 2.96. The molecule has 0 radical (unpaired) electrons. The maximum Gasteiger partial charge on any atom is 0.264 e. The summed E-state index contributed by atoms with van der Waals surface area (Å²) >= 11 is 0. The van der Waals surface area contributed by atoms with Gasteiger partial charge in [-0.15, -0.1) is 0 Å². The first-order chi connectivity index (χ1) is 19.0. The molecule has 0 bridgehead atoms. The molecule has 5 nitrogen and oxygen atoms in total. The summed E-state index contributed by atoms with van der Waals surface area (Å²) in [6.45, 7) is 0.397. The summed E-state index contributed by atoms with van der Waals surface area (Å²) in [4.78, 5) is 12.6. The molecule has 5 aromatic carbocycles. The largest absolute Gasteiger partial charge is 0.489 e. The molecular formula is C33H27NO4S. The molecule has 0 saturated carbocycles. The van der Waals surface area contributed by atoms with E-state index in [-0.39, 0.29) is 4.90 Å². The van der Waals surface area contributed by atoms with Gasteiger partial charge in [0.2, 0.25) is 0 Å². The van der Waals surface area contributed by atoms with Gasteiger partial charge in [-0.1, -0.05) is 97.1 Å². The molecule has 0 heterocycles. The number of nitrogens with one attached hydrogen (secondary N) is 1. The Labute approximate surface area is 228 Å². The van der Waals surface area contributed by atoms with Crippen molar-refractivity contribution in [1.82, 2.24) is 4.72 Å². The molecule has 5 aromatic rings. The van der Waals surface area contributed by atoms with Crippen LogP contribution in [0.4, 0.5) is 0 Å². The van der Waals surface area contributed by atoms with E-state index in [1.54, 1.807) is 24.3 Å². The molecule has 194 valence electrons. The molecule has 1 amide bonds. The van der Waals surface area contributed by atoms with Crippen molar-refractivity contribution in [1.29, 1.82) is 0 Å². The highest BCUT2D eigenvalue weighted by Crippen LogP contribution is 2.23. The van der Waals surface area contributed by atoms with Crippen LogP contribution < -0.4 is 9.46 Å². The topological polar surface area (TPSA) is 72.5 Å². The number of amides is 1. The molecule has 0 aliphatic heterocycles. The van der Waals surface area contributed by atoms with Crippen LogP contribution in [0.1, 0.15) is 22.3 Å². The van der Waals surface area contributed by atoms with Gasteiger partial charge in [0.05, 0.1) is 4.90 Å². The van der Waals surface area contributed by atoms with Crippen molar-refractivity contribution in [2.75, 3.05) is 0 Å². The van der Waals surface area contributed by atoms with Gasteiger partial charge in [-0.05, 0) is 69.8 Å². The summed E-state index contributed by atoms with van der Waals surface area (Å²) in [5, 5.41) is 2.32. The van der Waals surface area contributed by atoms with Crippen LogP contribution in [0.25, 0.3) is 16.8 Å². The van der Waals surface area contributed by atoms with Crippen LogP contribution in [0.3, 0.4) is 0 Å². The standard InChI is InChI=1S/C33H27NO4S/c35-33(34-39(36,37)32-13-5-2-6-14-32)20-19-28-18-16-26(24-38-31-11-3-1-4-12-31)23-30(28)22-25-15-17-27-9-7-8-10-29(27)21-25/h1-21,23H,22,24H2,(H,34,35)/b20-19+. The van der Waals surface area contributed by atoms with E-state index in [9.17, 15) is 13.2 Å². The Kier molecular flexibility index (Phi) is 7.85. The molecule has 0 aliphatic rings. The van der Waals surface area contributed by atoms with E-state index >= 15 is 0 Å². The minimum absolute atomic E-state index is 0.0338. The Morgan fingerprint density at radius 3 is 2.15 bits per heavy atom. The van der Waals surface area contributed by atoms with Crippen molar-refractivity contribution in [3.63, 3.8) is 0 Å². The molecular weight excluding hydrogens is 506 g/mol. The van der Waals surface area contributed by atoms with Crippen LogP contribution in [0, 0.1) is 0 Å². The molecule has 0 spiro atoms. The number of hydrogen-bond donors (Lipinski definition) is 1. The maximum atomic E-state index is 12.6. The van der Waals surface area contributed by atoms with Crippen LogP contribution in [0.15, 0.2) is 132 Å². The number of carbonyl (C=O) groups excluding carboxylic acids is 1. The van der Waals surface area contributed by atoms with Crippen molar-refractivity contribution < 1.29 is 17.9 Å². The number of sulfonamides is 1. The van der Waals surface area contributed by atoms with Gasteiger partial charge in [0.25, 0.3) is 15.9 Å². The molecule has 0 saturated heterocycles. The first-order valence-corrected chi connectivity index (χ1v) is 14.0. The lowest BCUT2D eigenvalue weighted by Gasteiger charge is -2.12. The zero-order chi connectivity index (χ0) is 27.1. The minimum Gasteiger partial charge on any atom is -0.489 e. The number of para-hydroxylation sites is 1. The third-order valence-electron chi connectivity index (χ3n) is 6.27. The zero-order valence-corrected chi connectivity index (χ0v) is 22.0. The van der Waals surface area contributed by atoms with Crippen LogP contribution in [0.5, 0.6) is 5.75 Å². The fraction of sp³-hybridized carbons (Fsp3) is 0.0606.